The number of carbonyl (C=O) groups is 1. The van der Waals surface area contributed by atoms with E-state index in [4.69, 9.17) is 4.74 Å². The molecule has 2 aromatic carbocycles. The van der Waals surface area contributed by atoms with Crippen LogP contribution in [0.2, 0.25) is 0 Å². The molecule has 2 aromatic rings. The number of hydrogen-bond acceptors (Lipinski definition) is 3. The molecular formula is C16H16BrNO3. The van der Waals surface area contributed by atoms with Crippen LogP contribution in [0.4, 0.5) is 0 Å². The predicted molar refractivity (Wildman–Crippen MR) is 84.7 cm³/mol. The van der Waals surface area contributed by atoms with Crippen LogP contribution in [0.5, 0.6) is 11.5 Å². The first kappa shape index (κ1) is 15.4. The Balaban J connectivity index is 2.10. The summed E-state index contributed by atoms with van der Waals surface area (Å²) in [7, 11) is 1.46. The second kappa shape index (κ2) is 6.63. The topological polar surface area (TPSA) is 58.6 Å². The van der Waals surface area contributed by atoms with Gasteiger partial charge in [-0.2, -0.15) is 0 Å². The number of methoxy groups -OCH3 is 1. The van der Waals surface area contributed by atoms with Crippen LogP contribution in [-0.4, -0.2) is 18.1 Å². The van der Waals surface area contributed by atoms with Gasteiger partial charge in [-0.15, -0.1) is 0 Å². The average molecular weight is 350 g/mol. The molecule has 1 atom stereocenters. The van der Waals surface area contributed by atoms with Crippen molar-refractivity contribution in [2.24, 2.45) is 0 Å². The van der Waals surface area contributed by atoms with Crippen LogP contribution in [0.3, 0.4) is 0 Å². The van der Waals surface area contributed by atoms with Gasteiger partial charge in [0.15, 0.2) is 11.5 Å². The molecule has 0 aliphatic carbocycles. The number of nitrogens with one attached hydrogen (secondary N) is 1. The number of hydrogen-bond donors (Lipinski definition) is 2. The number of ether oxygens (including phenoxy) is 1. The van der Waals surface area contributed by atoms with Crippen molar-refractivity contribution in [1.82, 2.24) is 5.32 Å². The lowest BCUT2D eigenvalue weighted by Gasteiger charge is -2.15. The number of amides is 1. The molecule has 0 saturated heterocycles. The number of benzene rings is 2. The van der Waals surface area contributed by atoms with Crippen molar-refractivity contribution in [2.75, 3.05) is 7.11 Å². The Morgan fingerprint density at radius 3 is 2.48 bits per heavy atom. The Labute approximate surface area is 131 Å². The van der Waals surface area contributed by atoms with E-state index in [1.54, 1.807) is 12.1 Å². The number of phenols is 1. The summed E-state index contributed by atoms with van der Waals surface area (Å²) in [5.74, 6) is 0.0392. The number of carbonyl (C=O) groups excluding carboxylic acids is 1. The minimum atomic E-state index is -0.247. The van der Waals surface area contributed by atoms with E-state index in [1.165, 1.54) is 13.2 Å². The highest BCUT2D eigenvalue weighted by Crippen LogP contribution is 2.26. The van der Waals surface area contributed by atoms with E-state index in [0.29, 0.717) is 11.3 Å². The second-order valence-electron chi connectivity index (χ2n) is 4.63. The minimum absolute atomic E-state index is 0.0542. The van der Waals surface area contributed by atoms with Gasteiger partial charge in [-0.1, -0.05) is 28.1 Å². The Hall–Kier alpha value is -2.01. The van der Waals surface area contributed by atoms with E-state index in [-0.39, 0.29) is 17.7 Å². The Bertz CT molecular complexity index is 640. The van der Waals surface area contributed by atoms with Crippen LogP contribution in [0.15, 0.2) is 46.9 Å². The summed E-state index contributed by atoms with van der Waals surface area (Å²) in [6.07, 6.45) is 0. The van der Waals surface area contributed by atoms with Gasteiger partial charge in [-0.25, -0.2) is 0 Å². The smallest absolute Gasteiger partial charge is 0.251 e. The standard InChI is InChI=1S/C16H16BrNO3/c1-10(11-3-6-13(17)7-4-11)18-16(20)12-5-8-15(21-2)14(19)9-12/h3-10,19H,1-2H3,(H,18,20). The molecule has 21 heavy (non-hydrogen) atoms. The highest BCUT2D eigenvalue weighted by Gasteiger charge is 2.13. The molecule has 0 heterocycles. The molecule has 0 aromatic heterocycles. The Kier molecular flexibility index (Phi) is 4.85. The summed E-state index contributed by atoms with van der Waals surface area (Å²) >= 11 is 3.38. The van der Waals surface area contributed by atoms with Gasteiger partial charge in [0, 0.05) is 10.0 Å². The number of aromatic hydroxyl groups is 1. The van der Waals surface area contributed by atoms with Crippen LogP contribution < -0.4 is 10.1 Å². The molecule has 0 aliphatic rings. The van der Waals surface area contributed by atoms with Gasteiger partial charge in [0.25, 0.3) is 5.91 Å². The number of phenolic OH excluding ortho intramolecular Hbond substituents is 1. The zero-order valence-electron chi connectivity index (χ0n) is 11.8. The van der Waals surface area contributed by atoms with Crippen LogP contribution >= 0.6 is 15.9 Å². The third-order valence-corrected chi connectivity index (χ3v) is 3.69. The van der Waals surface area contributed by atoms with Crippen molar-refractivity contribution in [1.29, 1.82) is 0 Å². The Morgan fingerprint density at radius 2 is 1.90 bits per heavy atom. The zero-order chi connectivity index (χ0) is 15.4. The molecule has 1 unspecified atom stereocenters. The van der Waals surface area contributed by atoms with E-state index >= 15 is 0 Å². The quantitative estimate of drug-likeness (QED) is 0.885. The molecule has 0 spiro atoms. The lowest BCUT2D eigenvalue weighted by atomic mass is 10.1. The molecule has 2 N–H and O–H groups in total. The van der Waals surface area contributed by atoms with Crippen molar-refractivity contribution in [2.45, 2.75) is 13.0 Å². The lowest BCUT2D eigenvalue weighted by molar-refractivity contribution is 0.0939. The van der Waals surface area contributed by atoms with Gasteiger partial charge in [-0.3, -0.25) is 4.79 Å². The van der Waals surface area contributed by atoms with E-state index < -0.39 is 0 Å². The maximum absolute atomic E-state index is 12.2. The van der Waals surface area contributed by atoms with Crippen molar-refractivity contribution in [3.63, 3.8) is 0 Å². The molecule has 1 amide bonds. The zero-order valence-corrected chi connectivity index (χ0v) is 13.3. The maximum atomic E-state index is 12.2. The third kappa shape index (κ3) is 3.76. The van der Waals surface area contributed by atoms with E-state index in [0.717, 1.165) is 10.0 Å². The summed E-state index contributed by atoms with van der Waals surface area (Å²) in [6, 6.07) is 12.2. The highest BCUT2D eigenvalue weighted by molar-refractivity contribution is 9.10. The van der Waals surface area contributed by atoms with Crippen LogP contribution in [-0.2, 0) is 0 Å². The fourth-order valence-corrected chi connectivity index (χ4v) is 2.21. The molecule has 110 valence electrons. The predicted octanol–water partition coefficient (Wildman–Crippen LogP) is 3.65. The first-order valence-corrected chi connectivity index (χ1v) is 7.24. The van der Waals surface area contributed by atoms with Gasteiger partial charge in [-0.05, 0) is 42.8 Å². The van der Waals surface area contributed by atoms with Gasteiger partial charge in [0.1, 0.15) is 0 Å². The third-order valence-electron chi connectivity index (χ3n) is 3.16. The monoisotopic (exact) mass is 349 g/mol. The normalized spacial score (nSPS) is 11.8. The van der Waals surface area contributed by atoms with Gasteiger partial charge in [0.2, 0.25) is 0 Å². The molecular weight excluding hydrogens is 334 g/mol. The average Bonchev–Trinajstić information content (AvgIpc) is 2.47. The van der Waals surface area contributed by atoms with Crippen molar-refractivity contribution in [3.05, 3.63) is 58.1 Å². The fraction of sp³-hybridized carbons (Fsp3) is 0.188. The van der Waals surface area contributed by atoms with E-state index in [1.807, 2.05) is 31.2 Å². The van der Waals surface area contributed by atoms with Gasteiger partial charge in [0.05, 0.1) is 13.2 Å². The van der Waals surface area contributed by atoms with Crippen molar-refractivity contribution in [3.8, 4) is 11.5 Å². The van der Waals surface area contributed by atoms with E-state index in [2.05, 4.69) is 21.2 Å². The summed E-state index contributed by atoms with van der Waals surface area (Å²) in [5.41, 5.74) is 1.39. The first-order chi connectivity index (χ1) is 10.0. The van der Waals surface area contributed by atoms with Crippen molar-refractivity contribution < 1.29 is 14.6 Å². The van der Waals surface area contributed by atoms with Crippen molar-refractivity contribution >= 4 is 21.8 Å². The summed E-state index contributed by atoms with van der Waals surface area (Å²) in [5, 5.41) is 12.6. The molecule has 5 heteroatoms. The molecule has 0 aliphatic heterocycles. The number of halogens is 1. The largest absolute Gasteiger partial charge is 0.504 e. The summed E-state index contributed by atoms with van der Waals surface area (Å²) in [6.45, 7) is 1.91. The SMILES string of the molecule is COc1ccc(C(=O)NC(C)c2ccc(Br)cc2)cc1O. The van der Waals surface area contributed by atoms with Crippen LogP contribution in [0.1, 0.15) is 28.9 Å². The Morgan fingerprint density at radius 1 is 1.24 bits per heavy atom. The molecule has 0 saturated carbocycles. The van der Waals surface area contributed by atoms with Gasteiger partial charge < -0.3 is 15.2 Å². The maximum Gasteiger partial charge on any atom is 0.251 e. The molecule has 2 rings (SSSR count). The number of rotatable bonds is 4. The molecule has 0 radical (unpaired) electrons. The fourth-order valence-electron chi connectivity index (χ4n) is 1.95. The van der Waals surface area contributed by atoms with Crippen LogP contribution in [0.25, 0.3) is 0 Å². The van der Waals surface area contributed by atoms with E-state index in [9.17, 15) is 9.90 Å². The molecule has 0 bridgehead atoms. The van der Waals surface area contributed by atoms with Crippen LogP contribution in [0, 0.1) is 0 Å². The second-order valence-corrected chi connectivity index (χ2v) is 5.55. The summed E-state index contributed by atoms with van der Waals surface area (Å²) in [4.78, 5) is 12.2. The van der Waals surface area contributed by atoms with Gasteiger partial charge >= 0.3 is 0 Å². The minimum Gasteiger partial charge on any atom is -0.504 e. The molecule has 4 nitrogen and oxygen atoms in total. The highest BCUT2D eigenvalue weighted by atomic mass is 79.9. The summed E-state index contributed by atoms with van der Waals surface area (Å²) < 4.78 is 5.95. The first-order valence-electron chi connectivity index (χ1n) is 6.44. The molecule has 0 fully saturated rings. The lowest BCUT2D eigenvalue weighted by Crippen LogP contribution is -2.26.